The van der Waals surface area contributed by atoms with Crippen molar-refractivity contribution in [3.05, 3.63) is 29.3 Å². The van der Waals surface area contributed by atoms with E-state index in [1.165, 1.54) is 16.0 Å². The molecule has 0 saturated carbocycles. The van der Waals surface area contributed by atoms with Gasteiger partial charge >= 0.3 is 0 Å². The van der Waals surface area contributed by atoms with Crippen molar-refractivity contribution in [2.45, 2.75) is 25.3 Å². The van der Waals surface area contributed by atoms with Gasteiger partial charge in [0.25, 0.3) is 0 Å². The predicted molar refractivity (Wildman–Crippen MR) is 96.1 cm³/mol. The van der Waals surface area contributed by atoms with E-state index in [0.717, 1.165) is 12.5 Å². The molecule has 23 heavy (non-hydrogen) atoms. The van der Waals surface area contributed by atoms with Crippen molar-refractivity contribution < 1.29 is 9.84 Å². The van der Waals surface area contributed by atoms with E-state index in [2.05, 4.69) is 47.0 Å². The van der Waals surface area contributed by atoms with Gasteiger partial charge in [0, 0.05) is 18.0 Å². The lowest BCUT2D eigenvalue weighted by molar-refractivity contribution is -0.132. The fourth-order valence-electron chi connectivity index (χ4n) is 2.40. The normalized spacial score (nSPS) is 16.8. The Kier molecular flexibility index (Phi) is 6.74. The average Bonchev–Trinajstić information content (AvgIpc) is 2.52. The number of guanidine groups is 1. The van der Waals surface area contributed by atoms with Gasteiger partial charge in [-0.2, -0.15) is 0 Å². The van der Waals surface area contributed by atoms with Crippen LogP contribution in [0.25, 0.3) is 0 Å². The van der Waals surface area contributed by atoms with Gasteiger partial charge in [0.15, 0.2) is 5.96 Å². The van der Waals surface area contributed by atoms with Gasteiger partial charge in [0.2, 0.25) is 0 Å². The quantitative estimate of drug-likeness (QED) is 0.402. The highest BCUT2D eigenvalue weighted by atomic mass is 32.2. The fraction of sp³-hybridized carbons (Fsp3) is 0.588. The maximum absolute atomic E-state index is 9.50. The number of hydrogen-bond acceptors (Lipinski definition) is 4. The van der Waals surface area contributed by atoms with E-state index in [-0.39, 0.29) is 12.0 Å². The van der Waals surface area contributed by atoms with Gasteiger partial charge in [-0.25, -0.2) is 4.99 Å². The van der Waals surface area contributed by atoms with Crippen LogP contribution < -0.4 is 10.6 Å². The summed E-state index contributed by atoms with van der Waals surface area (Å²) >= 11 is 1.75. The van der Waals surface area contributed by atoms with E-state index >= 15 is 0 Å². The third-order valence-electron chi connectivity index (χ3n) is 3.98. The van der Waals surface area contributed by atoms with Crippen molar-refractivity contribution in [1.82, 2.24) is 10.6 Å². The second kappa shape index (κ2) is 8.57. The molecule has 0 atom stereocenters. The van der Waals surface area contributed by atoms with Crippen molar-refractivity contribution in [2.75, 3.05) is 39.2 Å². The molecule has 1 saturated heterocycles. The molecule has 1 aliphatic rings. The summed E-state index contributed by atoms with van der Waals surface area (Å²) < 4.78 is 5.23. The highest BCUT2D eigenvalue weighted by molar-refractivity contribution is 7.98. The van der Waals surface area contributed by atoms with Crippen molar-refractivity contribution in [3.63, 3.8) is 0 Å². The number of rotatable bonds is 7. The second-order valence-corrected chi connectivity index (χ2v) is 6.86. The first-order valence-corrected chi connectivity index (χ1v) is 9.19. The number of nitrogens with zero attached hydrogens (tertiary/aromatic N) is 1. The van der Waals surface area contributed by atoms with Crippen molar-refractivity contribution >= 4 is 17.7 Å². The molecule has 3 N–H and O–H groups in total. The second-order valence-electron chi connectivity index (χ2n) is 6.01. The van der Waals surface area contributed by atoms with Crippen LogP contribution >= 0.6 is 11.8 Å². The molecule has 128 valence electrons. The maximum atomic E-state index is 9.50. The number of aliphatic imine (C=N–C) groups is 1. The summed E-state index contributed by atoms with van der Waals surface area (Å²) in [6, 6.07) is 6.46. The minimum absolute atomic E-state index is 0.133. The first-order valence-electron chi connectivity index (χ1n) is 7.97. The Balaban J connectivity index is 2.01. The van der Waals surface area contributed by atoms with Crippen LogP contribution in [0.15, 0.2) is 28.1 Å². The molecule has 0 amide bonds. The Bertz CT molecular complexity index is 539. The molecule has 0 radical (unpaired) electrons. The minimum Gasteiger partial charge on any atom is -0.396 e. The lowest BCUT2D eigenvalue weighted by atomic mass is 9.87. The van der Waals surface area contributed by atoms with E-state index < -0.39 is 0 Å². The van der Waals surface area contributed by atoms with Gasteiger partial charge in [-0.3, -0.25) is 0 Å². The number of benzene rings is 1. The number of nitrogens with one attached hydrogen (secondary N) is 2. The molecule has 1 aromatic carbocycles. The largest absolute Gasteiger partial charge is 0.396 e. The van der Waals surface area contributed by atoms with E-state index in [1.807, 2.05) is 6.92 Å². The number of aliphatic hydroxyl groups excluding tert-OH is 1. The molecule has 6 heteroatoms. The van der Waals surface area contributed by atoms with Crippen LogP contribution in [0.5, 0.6) is 0 Å². The van der Waals surface area contributed by atoms with Crippen molar-refractivity contribution in [2.24, 2.45) is 10.4 Å². The number of aliphatic hydroxyl groups is 1. The Hall–Kier alpha value is -1.24. The summed E-state index contributed by atoms with van der Waals surface area (Å²) in [5.74, 6) is 0.778. The Morgan fingerprint density at radius 3 is 2.74 bits per heavy atom. The zero-order valence-corrected chi connectivity index (χ0v) is 15.0. The van der Waals surface area contributed by atoms with Gasteiger partial charge in [0.1, 0.15) is 0 Å². The summed E-state index contributed by atoms with van der Waals surface area (Å²) in [5.41, 5.74) is 2.33. The third-order valence-corrected chi connectivity index (χ3v) is 4.80. The van der Waals surface area contributed by atoms with Crippen LogP contribution in [0.3, 0.4) is 0 Å². The maximum Gasteiger partial charge on any atom is 0.191 e. The molecule has 0 unspecified atom stereocenters. The molecule has 0 spiro atoms. The molecular weight excluding hydrogens is 310 g/mol. The number of thioether (sulfide) groups is 1. The standard InChI is InChI=1S/C17H27N3O2S/c1-4-18-16(20-9-17(10-21)11-22-12-17)19-8-14-6-5-13(2)7-15(14)23-3/h5-7,21H,4,8-12H2,1-3H3,(H2,18,19,20). The highest BCUT2D eigenvalue weighted by Crippen LogP contribution is 2.25. The summed E-state index contributed by atoms with van der Waals surface area (Å²) in [6.07, 6.45) is 2.09. The third kappa shape index (κ3) is 4.86. The summed E-state index contributed by atoms with van der Waals surface area (Å²) in [4.78, 5) is 5.94. The van der Waals surface area contributed by atoms with Gasteiger partial charge in [-0.15, -0.1) is 11.8 Å². The van der Waals surface area contributed by atoms with Crippen LogP contribution in [-0.2, 0) is 11.3 Å². The summed E-state index contributed by atoms with van der Waals surface area (Å²) in [5, 5.41) is 16.1. The summed E-state index contributed by atoms with van der Waals surface area (Å²) in [6.45, 7) is 7.59. The van der Waals surface area contributed by atoms with E-state index in [0.29, 0.717) is 26.3 Å². The van der Waals surface area contributed by atoms with Crippen molar-refractivity contribution in [1.29, 1.82) is 0 Å². The molecule has 2 rings (SSSR count). The molecule has 1 aromatic rings. The summed E-state index contributed by atoms with van der Waals surface area (Å²) in [7, 11) is 0. The van der Waals surface area contributed by atoms with E-state index in [4.69, 9.17) is 4.74 Å². The van der Waals surface area contributed by atoms with Gasteiger partial charge < -0.3 is 20.5 Å². The smallest absolute Gasteiger partial charge is 0.191 e. The molecule has 0 bridgehead atoms. The monoisotopic (exact) mass is 337 g/mol. The Morgan fingerprint density at radius 2 is 2.17 bits per heavy atom. The van der Waals surface area contributed by atoms with Gasteiger partial charge in [-0.1, -0.05) is 12.1 Å². The minimum atomic E-state index is -0.162. The molecule has 1 heterocycles. The van der Waals surface area contributed by atoms with E-state index in [1.54, 1.807) is 11.8 Å². The van der Waals surface area contributed by atoms with Crippen molar-refractivity contribution in [3.8, 4) is 0 Å². The first kappa shape index (κ1) is 18.1. The molecule has 0 aliphatic carbocycles. The van der Waals surface area contributed by atoms with Crippen LogP contribution in [-0.4, -0.2) is 50.2 Å². The highest BCUT2D eigenvalue weighted by Gasteiger charge is 2.38. The number of hydrogen-bond donors (Lipinski definition) is 3. The van der Waals surface area contributed by atoms with E-state index in [9.17, 15) is 5.11 Å². The number of ether oxygens (including phenoxy) is 1. The van der Waals surface area contributed by atoms with Crippen LogP contribution in [0, 0.1) is 12.3 Å². The Labute approximate surface area is 142 Å². The zero-order chi connectivity index (χ0) is 16.7. The SMILES string of the molecule is CCNC(=NCc1ccc(C)cc1SC)NCC1(CO)COC1. The van der Waals surface area contributed by atoms with Crippen LogP contribution in [0.4, 0.5) is 0 Å². The lowest BCUT2D eigenvalue weighted by Gasteiger charge is -2.40. The van der Waals surface area contributed by atoms with Crippen LogP contribution in [0.2, 0.25) is 0 Å². The first-order chi connectivity index (χ1) is 11.1. The fourth-order valence-corrected chi connectivity index (χ4v) is 3.10. The predicted octanol–water partition coefficient (Wildman–Crippen LogP) is 1.78. The molecule has 1 fully saturated rings. The molecule has 1 aliphatic heterocycles. The van der Waals surface area contributed by atoms with Gasteiger partial charge in [-0.05, 0) is 37.3 Å². The topological polar surface area (TPSA) is 65.9 Å². The molecular formula is C17H27N3O2S. The van der Waals surface area contributed by atoms with Gasteiger partial charge in [0.05, 0.1) is 31.8 Å². The molecule has 0 aromatic heterocycles. The Morgan fingerprint density at radius 1 is 1.39 bits per heavy atom. The number of aryl methyl sites for hydroxylation is 1. The average molecular weight is 337 g/mol. The lowest BCUT2D eigenvalue weighted by Crippen LogP contribution is -2.54. The zero-order valence-electron chi connectivity index (χ0n) is 14.2. The van der Waals surface area contributed by atoms with Crippen LogP contribution in [0.1, 0.15) is 18.1 Å². The molecule has 5 nitrogen and oxygen atoms in total.